The number of halogens is 1. The Kier molecular flexibility index (Phi) is 3.58. The lowest BCUT2D eigenvalue weighted by atomic mass is 9.96. The monoisotopic (exact) mass is 271 g/mol. The van der Waals surface area contributed by atoms with Gasteiger partial charge in [0.25, 0.3) is 0 Å². The zero-order valence-corrected chi connectivity index (χ0v) is 12.0. The van der Waals surface area contributed by atoms with E-state index in [2.05, 4.69) is 36.2 Å². The summed E-state index contributed by atoms with van der Waals surface area (Å²) in [5.74, 6) is 0. The molecular weight excluding hydrogens is 254 g/mol. The molecule has 19 heavy (non-hydrogen) atoms. The van der Waals surface area contributed by atoms with Crippen molar-refractivity contribution in [2.24, 2.45) is 0 Å². The van der Waals surface area contributed by atoms with Crippen LogP contribution in [0.1, 0.15) is 11.1 Å². The van der Waals surface area contributed by atoms with Crippen molar-refractivity contribution >= 4 is 11.6 Å². The van der Waals surface area contributed by atoms with Crippen molar-refractivity contribution < 1.29 is 0 Å². The lowest BCUT2D eigenvalue weighted by molar-refractivity contribution is 0.352. The predicted octanol–water partition coefficient (Wildman–Crippen LogP) is 4.04. The second-order valence-corrected chi connectivity index (χ2v) is 5.73. The van der Waals surface area contributed by atoms with Gasteiger partial charge in [0, 0.05) is 18.1 Å². The molecule has 1 aliphatic heterocycles. The molecule has 0 atom stereocenters. The summed E-state index contributed by atoms with van der Waals surface area (Å²) in [6.07, 6.45) is 2.29. The molecule has 0 radical (unpaired) electrons. The molecule has 0 fully saturated rings. The van der Waals surface area contributed by atoms with Crippen LogP contribution in [0.5, 0.6) is 0 Å². The minimum absolute atomic E-state index is 0.798. The molecule has 0 aliphatic carbocycles. The maximum absolute atomic E-state index is 6.08. The van der Waals surface area contributed by atoms with Gasteiger partial charge in [0.05, 0.1) is 0 Å². The summed E-state index contributed by atoms with van der Waals surface area (Å²) in [4.78, 5) is 2.40. The molecule has 0 saturated heterocycles. The van der Waals surface area contributed by atoms with Crippen molar-refractivity contribution in [1.29, 1.82) is 0 Å². The van der Waals surface area contributed by atoms with Gasteiger partial charge >= 0.3 is 0 Å². The summed E-state index contributed by atoms with van der Waals surface area (Å²) in [5.41, 5.74) is 5.45. The highest BCUT2D eigenvalue weighted by molar-refractivity contribution is 6.30. The fraction of sp³-hybridized carbons (Fsp3) is 0.294. The minimum Gasteiger partial charge on any atom is -0.306 e. The van der Waals surface area contributed by atoms with Gasteiger partial charge in [-0.25, -0.2) is 0 Å². The summed E-state index contributed by atoms with van der Waals surface area (Å²) in [5, 5.41) is 0.798. The number of hydrogen-bond donors (Lipinski definition) is 0. The minimum atomic E-state index is 0.798. The van der Waals surface area contributed by atoms with Gasteiger partial charge in [0.15, 0.2) is 0 Å². The van der Waals surface area contributed by atoms with Gasteiger partial charge in [0.1, 0.15) is 0 Å². The van der Waals surface area contributed by atoms with Gasteiger partial charge in [-0.2, -0.15) is 0 Å². The number of likely N-dealkylation sites (N-methyl/N-ethyl adjacent to an activating group) is 1. The van der Waals surface area contributed by atoms with E-state index in [1.807, 2.05) is 18.2 Å². The quantitative estimate of drug-likeness (QED) is 0.757. The molecule has 1 heterocycles. The Bertz CT molecular complexity index is 592. The van der Waals surface area contributed by atoms with E-state index in [-0.39, 0.29) is 0 Å². The van der Waals surface area contributed by atoms with Gasteiger partial charge in [-0.05, 0) is 54.3 Å². The molecule has 0 aromatic heterocycles. The number of hydrogen-bond acceptors (Lipinski definition) is 1. The van der Waals surface area contributed by atoms with Gasteiger partial charge in [0.2, 0.25) is 0 Å². The van der Waals surface area contributed by atoms with E-state index >= 15 is 0 Å². The van der Waals surface area contributed by atoms with Crippen LogP contribution in [0.15, 0.2) is 42.5 Å². The van der Waals surface area contributed by atoms with Crippen molar-refractivity contribution in [3.8, 4) is 11.1 Å². The second-order valence-electron chi connectivity index (χ2n) is 5.30. The molecule has 0 saturated carbocycles. The van der Waals surface area contributed by atoms with Gasteiger partial charge in [-0.15, -0.1) is 0 Å². The second kappa shape index (κ2) is 5.36. The van der Waals surface area contributed by atoms with Crippen LogP contribution in [0.3, 0.4) is 0 Å². The van der Waals surface area contributed by atoms with Crippen molar-refractivity contribution in [1.82, 2.24) is 4.90 Å². The standard InChI is InChI=1S/C17H18ClN/c1-19-9-7-13-5-6-15(11-16(13)8-10-19)14-3-2-4-17(18)12-14/h2-6,11-12H,7-10H2,1H3. The van der Waals surface area contributed by atoms with Crippen LogP contribution in [-0.4, -0.2) is 25.0 Å². The maximum atomic E-state index is 6.08. The molecule has 1 aliphatic rings. The van der Waals surface area contributed by atoms with Crippen LogP contribution in [-0.2, 0) is 12.8 Å². The molecule has 3 rings (SSSR count). The number of nitrogens with zero attached hydrogens (tertiary/aromatic N) is 1. The third-order valence-corrected chi connectivity index (χ3v) is 4.13. The molecule has 1 nitrogen and oxygen atoms in total. The van der Waals surface area contributed by atoms with Crippen LogP contribution in [0.25, 0.3) is 11.1 Å². The van der Waals surface area contributed by atoms with Crippen LogP contribution in [0.2, 0.25) is 5.02 Å². The third kappa shape index (κ3) is 2.83. The zero-order chi connectivity index (χ0) is 13.2. The normalized spacial score (nSPS) is 15.9. The SMILES string of the molecule is CN1CCc2ccc(-c3cccc(Cl)c3)cc2CC1. The Hall–Kier alpha value is -1.31. The Morgan fingerprint density at radius 2 is 1.63 bits per heavy atom. The zero-order valence-electron chi connectivity index (χ0n) is 11.2. The van der Waals surface area contributed by atoms with Crippen LogP contribution < -0.4 is 0 Å². The molecule has 0 N–H and O–H groups in total. The first-order valence-corrected chi connectivity index (χ1v) is 7.16. The summed E-state index contributed by atoms with van der Waals surface area (Å²) >= 11 is 6.08. The van der Waals surface area contributed by atoms with Crippen molar-refractivity contribution in [2.45, 2.75) is 12.8 Å². The largest absolute Gasteiger partial charge is 0.306 e. The smallest absolute Gasteiger partial charge is 0.0412 e. The molecule has 0 amide bonds. The molecule has 0 spiro atoms. The van der Waals surface area contributed by atoms with Gasteiger partial charge in [-0.1, -0.05) is 41.9 Å². The van der Waals surface area contributed by atoms with E-state index in [4.69, 9.17) is 11.6 Å². The first kappa shape index (κ1) is 12.7. The summed E-state index contributed by atoms with van der Waals surface area (Å²) < 4.78 is 0. The highest BCUT2D eigenvalue weighted by atomic mass is 35.5. The van der Waals surface area contributed by atoms with E-state index in [1.165, 1.54) is 22.3 Å². The third-order valence-electron chi connectivity index (χ3n) is 3.89. The Labute approximate surface area is 119 Å². The Morgan fingerprint density at radius 1 is 0.895 bits per heavy atom. The number of fused-ring (bicyclic) bond motifs is 1. The highest BCUT2D eigenvalue weighted by Crippen LogP contribution is 2.26. The molecule has 0 bridgehead atoms. The first-order valence-electron chi connectivity index (χ1n) is 6.79. The molecular formula is C17H18ClN. The van der Waals surface area contributed by atoms with E-state index in [1.54, 1.807) is 0 Å². The van der Waals surface area contributed by atoms with E-state index in [0.29, 0.717) is 0 Å². The molecule has 2 heteroatoms. The molecule has 2 aromatic rings. The van der Waals surface area contributed by atoms with Gasteiger partial charge in [-0.3, -0.25) is 0 Å². The number of benzene rings is 2. The van der Waals surface area contributed by atoms with Gasteiger partial charge < -0.3 is 4.90 Å². The first-order chi connectivity index (χ1) is 9.22. The van der Waals surface area contributed by atoms with E-state index in [9.17, 15) is 0 Å². The Balaban J connectivity index is 1.97. The van der Waals surface area contributed by atoms with Crippen molar-refractivity contribution in [2.75, 3.05) is 20.1 Å². The summed E-state index contributed by atoms with van der Waals surface area (Å²) in [7, 11) is 2.20. The molecule has 98 valence electrons. The average molecular weight is 272 g/mol. The van der Waals surface area contributed by atoms with E-state index in [0.717, 1.165) is 31.0 Å². The lowest BCUT2D eigenvalue weighted by Gasteiger charge is -2.10. The fourth-order valence-corrected chi connectivity index (χ4v) is 2.87. The summed E-state index contributed by atoms with van der Waals surface area (Å²) in [6, 6.07) is 14.9. The van der Waals surface area contributed by atoms with Crippen LogP contribution in [0, 0.1) is 0 Å². The summed E-state index contributed by atoms with van der Waals surface area (Å²) in [6.45, 7) is 2.30. The van der Waals surface area contributed by atoms with Crippen molar-refractivity contribution in [3.63, 3.8) is 0 Å². The predicted molar refractivity (Wildman–Crippen MR) is 81.8 cm³/mol. The lowest BCUT2D eigenvalue weighted by Crippen LogP contribution is -2.20. The molecule has 2 aromatic carbocycles. The topological polar surface area (TPSA) is 3.24 Å². The molecule has 0 unspecified atom stereocenters. The van der Waals surface area contributed by atoms with E-state index < -0.39 is 0 Å². The highest BCUT2D eigenvalue weighted by Gasteiger charge is 2.11. The number of rotatable bonds is 1. The Morgan fingerprint density at radius 3 is 2.42 bits per heavy atom. The van der Waals surface area contributed by atoms with Crippen LogP contribution >= 0.6 is 11.6 Å². The average Bonchev–Trinajstić information content (AvgIpc) is 2.61. The maximum Gasteiger partial charge on any atom is 0.0412 e. The fourth-order valence-electron chi connectivity index (χ4n) is 2.68. The van der Waals surface area contributed by atoms with Crippen LogP contribution in [0.4, 0.5) is 0 Å². The van der Waals surface area contributed by atoms with Crippen molar-refractivity contribution in [3.05, 3.63) is 58.6 Å².